The van der Waals surface area contributed by atoms with Crippen molar-refractivity contribution in [3.8, 4) is 0 Å². The highest BCUT2D eigenvalue weighted by Gasteiger charge is 2.27. The Balaban J connectivity index is 1.52. The van der Waals surface area contributed by atoms with E-state index in [1.807, 2.05) is 30.3 Å². The molecule has 0 saturated carbocycles. The third kappa shape index (κ3) is 3.65. The van der Waals surface area contributed by atoms with Gasteiger partial charge in [-0.2, -0.15) is 0 Å². The van der Waals surface area contributed by atoms with Crippen LogP contribution < -0.4 is 5.73 Å². The highest BCUT2D eigenvalue weighted by molar-refractivity contribution is 5.94. The van der Waals surface area contributed by atoms with Gasteiger partial charge in [0.25, 0.3) is 5.91 Å². The van der Waals surface area contributed by atoms with Gasteiger partial charge in [0.15, 0.2) is 0 Å². The van der Waals surface area contributed by atoms with E-state index in [-0.39, 0.29) is 11.8 Å². The molecule has 1 aromatic carbocycles. The normalized spacial score (nSPS) is 16.0. The zero-order valence-electron chi connectivity index (χ0n) is 13.4. The number of nitrogens with two attached hydrogens (primary N) is 1. The number of rotatable bonds is 4. The molecule has 24 heavy (non-hydrogen) atoms. The van der Waals surface area contributed by atoms with E-state index in [0.29, 0.717) is 38.2 Å². The van der Waals surface area contributed by atoms with Gasteiger partial charge in [-0.15, -0.1) is 0 Å². The number of piperazine rings is 1. The van der Waals surface area contributed by atoms with Crippen molar-refractivity contribution in [3.05, 3.63) is 60.1 Å². The van der Waals surface area contributed by atoms with E-state index in [1.165, 1.54) is 12.5 Å². The van der Waals surface area contributed by atoms with Crippen molar-refractivity contribution in [3.63, 3.8) is 0 Å². The standard InChI is InChI=1S/C18H21N3O3/c19-16(12-14-4-2-1-3-5-14)18(23)21-9-7-20(8-10-21)17(22)15-6-11-24-13-15/h1-6,11,13,16H,7-10,12,19H2/t16-/m0/s1. The monoisotopic (exact) mass is 327 g/mol. The Bertz CT molecular complexity index is 677. The lowest BCUT2D eigenvalue weighted by Crippen LogP contribution is -2.54. The molecule has 0 aliphatic carbocycles. The molecule has 6 nitrogen and oxygen atoms in total. The van der Waals surface area contributed by atoms with E-state index in [4.69, 9.17) is 10.2 Å². The molecule has 2 amide bonds. The van der Waals surface area contributed by atoms with Gasteiger partial charge in [0.1, 0.15) is 6.26 Å². The molecule has 2 heterocycles. The lowest BCUT2D eigenvalue weighted by molar-refractivity contribution is -0.134. The topological polar surface area (TPSA) is 79.8 Å². The molecule has 3 rings (SSSR count). The van der Waals surface area contributed by atoms with Crippen LogP contribution in [0, 0.1) is 0 Å². The second-order valence-electron chi connectivity index (χ2n) is 5.93. The number of amides is 2. The van der Waals surface area contributed by atoms with Crippen LogP contribution in [0.5, 0.6) is 0 Å². The van der Waals surface area contributed by atoms with Crippen molar-refractivity contribution < 1.29 is 14.0 Å². The summed E-state index contributed by atoms with van der Waals surface area (Å²) >= 11 is 0. The molecular formula is C18H21N3O3. The summed E-state index contributed by atoms with van der Waals surface area (Å²) < 4.78 is 4.95. The second kappa shape index (κ2) is 7.31. The fourth-order valence-corrected chi connectivity index (χ4v) is 2.89. The summed E-state index contributed by atoms with van der Waals surface area (Å²) in [5.41, 5.74) is 7.65. The first-order valence-electron chi connectivity index (χ1n) is 8.05. The van der Waals surface area contributed by atoms with Crippen LogP contribution in [0.2, 0.25) is 0 Å². The highest BCUT2D eigenvalue weighted by atomic mass is 16.3. The van der Waals surface area contributed by atoms with Crippen LogP contribution in [0.4, 0.5) is 0 Å². The third-order valence-corrected chi connectivity index (χ3v) is 4.26. The number of benzene rings is 1. The first kappa shape index (κ1) is 16.3. The summed E-state index contributed by atoms with van der Waals surface area (Å²) in [7, 11) is 0. The maximum atomic E-state index is 12.5. The molecule has 1 saturated heterocycles. The SMILES string of the molecule is N[C@@H](Cc1ccccc1)C(=O)N1CCN(C(=O)c2ccoc2)CC1. The number of nitrogens with zero attached hydrogens (tertiary/aromatic N) is 2. The number of carbonyl (C=O) groups excluding carboxylic acids is 2. The van der Waals surface area contributed by atoms with Gasteiger partial charge in [0, 0.05) is 26.2 Å². The van der Waals surface area contributed by atoms with Gasteiger partial charge in [-0.25, -0.2) is 0 Å². The number of furan rings is 1. The van der Waals surface area contributed by atoms with E-state index < -0.39 is 6.04 Å². The lowest BCUT2D eigenvalue weighted by atomic mass is 10.1. The van der Waals surface area contributed by atoms with Crippen LogP contribution in [0.1, 0.15) is 15.9 Å². The van der Waals surface area contributed by atoms with Crippen LogP contribution in [0.25, 0.3) is 0 Å². The molecule has 0 spiro atoms. The maximum absolute atomic E-state index is 12.5. The molecule has 1 atom stereocenters. The highest BCUT2D eigenvalue weighted by Crippen LogP contribution is 2.11. The summed E-state index contributed by atoms with van der Waals surface area (Å²) in [5, 5.41) is 0. The third-order valence-electron chi connectivity index (χ3n) is 4.26. The minimum Gasteiger partial charge on any atom is -0.472 e. The quantitative estimate of drug-likeness (QED) is 0.913. The molecule has 6 heteroatoms. The van der Waals surface area contributed by atoms with Crippen LogP contribution in [-0.2, 0) is 11.2 Å². The van der Waals surface area contributed by atoms with Crippen LogP contribution in [0.15, 0.2) is 53.3 Å². The minimum atomic E-state index is -0.552. The molecule has 0 radical (unpaired) electrons. The Kier molecular flexibility index (Phi) is 4.96. The largest absolute Gasteiger partial charge is 0.472 e. The average molecular weight is 327 g/mol. The first-order chi connectivity index (χ1) is 11.6. The Morgan fingerprint density at radius 1 is 1.04 bits per heavy atom. The van der Waals surface area contributed by atoms with Crippen molar-refractivity contribution in [2.45, 2.75) is 12.5 Å². The molecule has 1 fully saturated rings. The van der Waals surface area contributed by atoms with E-state index in [2.05, 4.69) is 0 Å². The molecule has 1 aliphatic rings. The number of carbonyl (C=O) groups is 2. The van der Waals surface area contributed by atoms with Gasteiger partial charge in [-0.1, -0.05) is 30.3 Å². The molecule has 2 aromatic rings. The minimum absolute atomic E-state index is 0.0609. The van der Waals surface area contributed by atoms with Gasteiger partial charge >= 0.3 is 0 Å². The average Bonchev–Trinajstić information content (AvgIpc) is 3.16. The maximum Gasteiger partial charge on any atom is 0.257 e. The molecule has 0 unspecified atom stereocenters. The van der Waals surface area contributed by atoms with Crippen molar-refractivity contribution in [2.75, 3.05) is 26.2 Å². The van der Waals surface area contributed by atoms with Crippen molar-refractivity contribution in [1.29, 1.82) is 0 Å². The van der Waals surface area contributed by atoms with Crippen molar-refractivity contribution in [1.82, 2.24) is 9.80 Å². The van der Waals surface area contributed by atoms with E-state index in [0.717, 1.165) is 5.56 Å². The van der Waals surface area contributed by atoms with Crippen LogP contribution in [0.3, 0.4) is 0 Å². The fraction of sp³-hybridized carbons (Fsp3) is 0.333. The molecule has 0 bridgehead atoms. The Labute approximate surface area is 140 Å². The first-order valence-corrected chi connectivity index (χ1v) is 8.05. The lowest BCUT2D eigenvalue weighted by Gasteiger charge is -2.35. The summed E-state index contributed by atoms with van der Waals surface area (Å²) in [6.07, 6.45) is 3.44. The smallest absolute Gasteiger partial charge is 0.257 e. The zero-order valence-corrected chi connectivity index (χ0v) is 13.4. The van der Waals surface area contributed by atoms with Crippen molar-refractivity contribution in [2.24, 2.45) is 5.73 Å². The zero-order chi connectivity index (χ0) is 16.9. The summed E-state index contributed by atoms with van der Waals surface area (Å²) in [6, 6.07) is 10.8. The van der Waals surface area contributed by atoms with E-state index in [9.17, 15) is 9.59 Å². The molecule has 2 N–H and O–H groups in total. The van der Waals surface area contributed by atoms with Gasteiger partial charge in [0.2, 0.25) is 5.91 Å². The predicted octanol–water partition coefficient (Wildman–Crippen LogP) is 1.13. The van der Waals surface area contributed by atoms with Gasteiger partial charge in [-0.3, -0.25) is 9.59 Å². The van der Waals surface area contributed by atoms with Crippen molar-refractivity contribution >= 4 is 11.8 Å². The number of hydrogen-bond donors (Lipinski definition) is 1. The Morgan fingerprint density at radius 2 is 1.71 bits per heavy atom. The van der Waals surface area contributed by atoms with E-state index in [1.54, 1.807) is 15.9 Å². The van der Waals surface area contributed by atoms with Gasteiger partial charge in [0.05, 0.1) is 17.9 Å². The number of hydrogen-bond acceptors (Lipinski definition) is 4. The van der Waals surface area contributed by atoms with Gasteiger partial charge in [-0.05, 0) is 18.1 Å². The van der Waals surface area contributed by atoms with E-state index >= 15 is 0 Å². The predicted molar refractivity (Wildman–Crippen MR) is 89.3 cm³/mol. The summed E-state index contributed by atoms with van der Waals surface area (Å²) in [5.74, 6) is -0.126. The molecule has 1 aromatic heterocycles. The second-order valence-corrected chi connectivity index (χ2v) is 5.93. The van der Waals surface area contributed by atoms with Crippen LogP contribution >= 0.6 is 0 Å². The molecule has 1 aliphatic heterocycles. The molecule has 126 valence electrons. The summed E-state index contributed by atoms with van der Waals surface area (Å²) in [4.78, 5) is 28.2. The Morgan fingerprint density at radius 3 is 2.33 bits per heavy atom. The van der Waals surface area contributed by atoms with Gasteiger partial charge < -0.3 is 20.0 Å². The molecular weight excluding hydrogens is 306 g/mol. The fourth-order valence-electron chi connectivity index (χ4n) is 2.89. The van der Waals surface area contributed by atoms with Crippen LogP contribution in [-0.4, -0.2) is 53.8 Å². The Hall–Kier alpha value is -2.60. The summed E-state index contributed by atoms with van der Waals surface area (Å²) in [6.45, 7) is 2.03.